The lowest BCUT2D eigenvalue weighted by Gasteiger charge is -2.06. The molecule has 0 aromatic rings. The van der Waals surface area contributed by atoms with E-state index in [-0.39, 0.29) is 6.10 Å². The van der Waals surface area contributed by atoms with Crippen molar-refractivity contribution in [2.24, 2.45) is 5.92 Å². The molecule has 0 spiro atoms. The highest BCUT2D eigenvalue weighted by molar-refractivity contribution is 7.16. The molecule has 1 aliphatic carbocycles. The molecule has 0 radical (unpaired) electrons. The van der Waals surface area contributed by atoms with E-state index in [4.69, 9.17) is 0 Å². The molecule has 1 nitrogen and oxygen atoms in total. The van der Waals surface area contributed by atoms with Crippen LogP contribution in [0.5, 0.6) is 0 Å². The molecule has 0 aromatic carbocycles. The van der Waals surface area contributed by atoms with Gasteiger partial charge in [0.2, 0.25) is 0 Å². The van der Waals surface area contributed by atoms with Crippen molar-refractivity contribution < 1.29 is 5.11 Å². The second kappa shape index (κ2) is 4.31. The topological polar surface area (TPSA) is 20.2 Å². The van der Waals surface area contributed by atoms with Crippen LogP contribution < -0.4 is 0 Å². The predicted molar refractivity (Wildman–Crippen MR) is 47.2 cm³/mol. The highest BCUT2D eigenvalue weighted by Crippen LogP contribution is 2.29. The molecule has 1 rings (SSSR count). The van der Waals surface area contributed by atoms with E-state index >= 15 is 0 Å². The summed E-state index contributed by atoms with van der Waals surface area (Å²) in [5.41, 5.74) is 0. The third kappa shape index (κ3) is 2.56. The van der Waals surface area contributed by atoms with Gasteiger partial charge in [-0.05, 0) is 37.8 Å². The molecule has 3 unspecified atom stereocenters. The van der Waals surface area contributed by atoms with Crippen LogP contribution in [0.15, 0.2) is 0 Å². The van der Waals surface area contributed by atoms with Gasteiger partial charge in [-0.1, -0.05) is 6.42 Å². The van der Waals surface area contributed by atoms with Gasteiger partial charge in [-0.25, -0.2) is 0 Å². The van der Waals surface area contributed by atoms with Gasteiger partial charge in [-0.2, -0.15) is 0 Å². The second-order valence-electron chi connectivity index (χ2n) is 3.26. The first kappa shape index (κ1) is 8.49. The summed E-state index contributed by atoms with van der Waals surface area (Å²) in [6.07, 6.45) is 7.22. The monoisotopic (exact) mass is 160 g/mol. The lowest BCUT2D eigenvalue weighted by molar-refractivity contribution is 0.177. The van der Waals surface area contributed by atoms with Crippen molar-refractivity contribution in [2.75, 3.05) is 6.16 Å². The lowest BCUT2D eigenvalue weighted by atomic mass is 10.0. The number of hydrogen-bond acceptors (Lipinski definition) is 1. The van der Waals surface area contributed by atoms with E-state index in [1.54, 1.807) is 0 Å². The van der Waals surface area contributed by atoms with Gasteiger partial charge in [0.05, 0.1) is 6.10 Å². The minimum absolute atomic E-state index is 0.0227. The smallest absolute Gasteiger partial charge is 0.0543 e. The zero-order valence-corrected chi connectivity index (χ0v) is 7.58. The van der Waals surface area contributed by atoms with Crippen molar-refractivity contribution in [3.8, 4) is 0 Å². The first-order chi connectivity index (χ1) is 4.83. The van der Waals surface area contributed by atoms with Crippen LogP contribution in [-0.4, -0.2) is 17.4 Å². The van der Waals surface area contributed by atoms with E-state index in [9.17, 15) is 5.11 Å². The van der Waals surface area contributed by atoms with Gasteiger partial charge >= 0.3 is 0 Å². The van der Waals surface area contributed by atoms with Crippen LogP contribution in [0.1, 0.15) is 32.1 Å². The van der Waals surface area contributed by atoms with Crippen LogP contribution in [0.3, 0.4) is 0 Å². The van der Waals surface area contributed by atoms with Crippen molar-refractivity contribution in [1.82, 2.24) is 0 Å². The van der Waals surface area contributed by atoms with Gasteiger partial charge in [0, 0.05) is 0 Å². The highest BCUT2D eigenvalue weighted by Gasteiger charge is 2.21. The summed E-state index contributed by atoms with van der Waals surface area (Å²) >= 11 is 0. The van der Waals surface area contributed by atoms with Crippen molar-refractivity contribution in [1.29, 1.82) is 0 Å². The SMILES string of the molecule is OC1CCC(CCCP)C1. The van der Waals surface area contributed by atoms with Gasteiger partial charge in [0.25, 0.3) is 0 Å². The molecule has 1 saturated carbocycles. The Morgan fingerprint density at radius 1 is 1.40 bits per heavy atom. The van der Waals surface area contributed by atoms with Gasteiger partial charge in [-0.3, -0.25) is 0 Å². The maximum absolute atomic E-state index is 9.19. The van der Waals surface area contributed by atoms with Crippen LogP contribution in [0, 0.1) is 5.92 Å². The fourth-order valence-corrected chi connectivity index (χ4v) is 1.95. The molecule has 3 atom stereocenters. The summed E-state index contributed by atoms with van der Waals surface area (Å²) in [7, 11) is 2.75. The Labute approximate surface area is 65.4 Å². The summed E-state index contributed by atoms with van der Waals surface area (Å²) < 4.78 is 0. The van der Waals surface area contributed by atoms with E-state index < -0.39 is 0 Å². The zero-order valence-electron chi connectivity index (χ0n) is 6.42. The maximum Gasteiger partial charge on any atom is 0.0543 e. The summed E-state index contributed by atoms with van der Waals surface area (Å²) in [4.78, 5) is 0. The normalized spacial score (nSPS) is 33.0. The zero-order chi connectivity index (χ0) is 7.40. The molecule has 0 saturated heterocycles. The minimum Gasteiger partial charge on any atom is -0.393 e. The molecule has 0 aliphatic heterocycles. The molecule has 60 valence electrons. The van der Waals surface area contributed by atoms with Gasteiger partial charge in [0.1, 0.15) is 0 Å². The van der Waals surface area contributed by atoms with E-state index in [0.717, 1.165) is 18.8 Å². The lowest BCUT2D eigenvalue weighted by Crippen LogP contribution is -2.00. The van der Waals surface area contributed by atoms with Crippen LogP contribution in [0.25, 0.3) is 0 Å². The van der Waals surface area contributed by atoms with Gasteiger partial charge in [0.15, 0.2) is 0 Å². The molecule has 2 heteroatoms. The standard InChI is InChI=1S/C8H17OP/c9-8-4-3-7(6-8)2-1-5-10/h7-9H,1-6,10H2. The molecule has 1 fully saturated rings. The number of rotatable bonds is 3. The van der Waals surface area contributed by atoms with Crippen molar-refractivity contribution in [3.05, 3.63) is 0 Å². The summed E-state index contributed by atoms with van der Waals surface area (Å²) in [5.74, 6) is 0.829. The van der Waals surface area contributed by atoms with Crippen molar-refractivity contribution in [3.63, 3.8) is 0 Å². The number of aliphatic hydroxyl groups excluding tert-OH is 1. The van der Waals surface area contributed by atoms with Gasteiger partial charge in [-0.15, -0.1) is 9.24 Å². The quantitative estimate of drug-likeness (QED) is 0.624. The molecule has 0 bridgehead atoms. The fraction of sp³-hybridized carbons (Fsp3) is 1.00. The van der Waals surface area contributed by atoms with E-state index in [1.165, 1.54) is 25.4 Å². The fourth-order valence-electron chi connectivity index (χ4n) is 1.72. The Hall–Kier alpha value is 0.390. The van der Waals surface area contributed by atoms with Crippen LogP contribution in [0.2, 0.25) is 0 Å². The molecule has 0 aromatic heterocycles. The molecule has 0 amide bonds. The largest absolute Gasteiger partial charge is 0.393 e. The minimum atomic E-state index is 0.0227. The number of aliphatic hydroxyl groups is 1. The summed E-state index contributed by atoms with van der Waals surface area (Å²) in [6, 6.07) is 0. The highest BCUT2D eigenvalue weighted by atomic mass is 31.0. The Morgan fingerprint density at radius 3 is 2.70 bits per heavy atom. The second-order valence-corrected chi connectivity index (χ2v) is 3.84. The first-order valence-electron chi connectivity index (χ1n) is 4.21. The first-order valence-corrected chi connectivity index (χ1v) is 5.02. The third-order valence-corrected chi connectivity index (χ3v) is 2.74. The number of hydrogen-bond donors (Lipinski definition) is 1. The van der Waals surface area contributed by atoms with Crippen molar-refractivity contribution in [2.45, 2.75) is 38.2 Å². The Balaban J connectivity index is 2.06. The van der Waals surface area contributed by atoms with E-state index in [1.807, 2.05) is 0 Å². The summed E-state index contributed by atoms with van der Waals surface area (Å²) in [6.45, 7) is 0. The van der Waals surface area contributed by atoms with Gasteiger partial charge < -0.3 is 5.11 Å². The van der Waals surface area contributed by atoms with Crippen LogP contribution in [0.4, 0.5) is 0 Å². The Morgan fingerprint density at radius 2 is 2.20 bits per heavy atom. The average molecular weight is 160 g/mol. The van der Waals surface area contributed by atoms with E-state index in [0.29, 0.717) is 0 Å². The average Bonchev–Trinajstić information content (AvgIpc) is 2.31. The molecule has 10 heavy (non-hydrogen) atoms. The molecule has 1 aliphatic rings. The Bertz CT molecular complexity index is 95.3. The third-order valence-electron chi connectivity index (χ3n) is 2.33. The molecule has 1 N–H and O–H groups in total. The maximum atomic E-state index is 9.19. The van der Waals surface area contributed by atoms with Crippen molar-refractivity contribution >= 4 is 9.24 Å². The summed E-state index contributed by atoms with van der Waals surface area (Å²) in [5, 5.41) is 9.19. The molecular formula is C8H17OP. The van der Waals surface area contributed by atoms with Crippen LogP contribution in [-0.2, 0) is 0 Å². The molecular weight excluding hydrogens is 143 g/mol. The predicted octanol–water partition coefficient (Wildman–Crippen LogP) is 1.80. The molecule has 0 heterocycles. The Kier molecular flexibility index (Phi) is 3.65. The van der Waals surface area contributed by atoms with E-state index in [2.05, 4.69) is 9.24 Å². The van der Waals surface area contributed by atoms with Crippen LogP contribution >= 0.6 is 9.24 Å².